The van der Waals surface area contributed by atoms with Crippen LogP contribution in [0.15, 0.2) is 37.2 Å². The molecule has 0 radical (unpaired) electrons. The van der Waals surface area contributed by atoms with E-state index in [4.69, 9.17) is 0 Å². The van der Waals surface area contributed by atoms with E-state index in [2.05, 4.69) is 27.2 Å². The molecule has 2 amide bonds. The van der Waals surface area contributed by atoms with Gasteiger partial charge in [-0.1, -0.05) is 13.0 Å². The van der Waals surface area contributed by atoms with Gasteiger partial charge in [-0.05, 0) is 31.4 Å². The van der Waals surface area contributed by atoms with Crippen molar-refractivity contribution in [2.24, 2.45) is 5.41 Å². The van der Waals surface area contributed by atoms with Crippen molar-refractivity contribution >= 4 is 22.8 Å². The molecule has 4 rings (SSSR count). The number of nitrogens with one attached hydrogen (secondary N) is 2. The van der Waals surface area contributed by atoms with Crippen molar-refractivity contribution in [1.29, 1.82) is 0 Å². The average molecular weight is 354 g/mol. The Labute approximate surface area is 149 Å². The van der Waals surface area contributed by atoms with E-state index in [0.29, 0.717) is 17.5 Å². The van der Waals surface area contributed by atoms with Crippen LogP contribution < -0.4 is 10.6 Å². The summed E-state index contributed by atoms with van der Waals surface area (Å²) in [5.41, 5.74) is 0.801. The number of fused-ring (bicyclic) bond motifs is 1. The summed E-state index contributed by atoms with van der Waals surface area (Å²) in [7, 11) is 0. The fraction of sp³-hybridized carbons (Fsp3) is 0.368. The molecule has 1 aromatic heterocycles. The highest BCUT2D eigenvalue weighted by atomic mass is 19.1. The average Bonchev–Trinajstić information content (AvgIpc) is 2.57. The number of carbonyl (C=O) groups is 2. The van der Waals surface area contributed by atoms with Crippen molar-refractivity contribution < 1.29 is 14.0 Å². The Balaban J connectivity index is 1.54. The Morgan fingerprint density at radius 3 is 2.62 bits per heavy atom. The molecule has 26 heavy (non-hydrogen) atoms. The minimum Gasteiger partial charge on any atom is -0.349 e. The van der Waals surface area contributed by atoms with Gasteiger partial charge in [0.05, 0.1) is 11.1 Å². The Bertz CT molecular complexity index is 910. The van der Waals surface area contributed by atoms with Crippen molar-refractivity contribution in [2.75, 3.05) is 0 Å². The third-order valence-electron chi connectivity index (χ3n) is 5.73. The van der Waals surface area contributed by atoms with Crippen molar-refractivity contribution in [2.45, 2.75) is 37.8 Å². The van der Waals surface area contributed by atoms with Crippen molar-refractivity contribution in [3.05, 3.63) is 48.6 Å². The summed E-state index contributed by atoms with van der Waals surface area (Å²) in [5.74, 6) is -1.08. The van der Waals surface area contributed by atoms with Gasteiger partial charge in [-0.2, -0.15) is 0 Å². The molecule has 0 aliphatic heterocycles. The predicted octanol–water partition coefficient (Wildman–Crippen LogP) is 2.11. The van der Waals surface area contributed by atoms with Gasteiger partial charge in [0.1, 0.15) is 11.3 Å². The van der Waals surface area contributed by atoms with Crippen LogP contribution in [0, 0.1) is 11.2 Å². The first-order valence-electron chi connectivity index (χ1n) is 8.67. The molecule has 0 saturated heterocycles. The van der Waals surface area contributed by atoms with Crippen molar-refractivity contribution in [3.63, 3.8) is 0 Å². The summed E-state index contributed by atoms with van der Waals surface area (Å²) in [6.45, 7) is 3.48. The molecule has 2 fully saturated rings. The van der Waals surface area contributed by atoms with Crippen LogP contribution in [0.1, 0.15) is 36.0 Å². The Hall–Kier alpha value is -2.83. The lowest BCUT2D eigenvalue weighted by Gasteiger charge is -2.61. The molecule has 0 bridgehead atoms. The smallest absolute Gasteiger partial charge is 0.253 e. The zero-order chi connectivity index (χ0) is 18.3. The molecule has 7 heteroatoms. The molecule has 1 spiro atoms. The highest BCUT2D eigenvalue weighted by Crippen LogP contribution is 2.56. The molecule has 1 aromatic carbocycles. The normalized spacial score (nSPS) is 23.0. The first-order valence-corrected chi connectivity index (χ1v) is 8.67. The van der Waals surface area contributed by atoms with Gasteiger partial charge in [-0.3, -0.25) is 19.6 Å². The number of hydrogen-bond acceptors (Lipinski definition) is 4. The molecule has 2 N–H and O–H groups in total. The molecule has 2 unspecified atom stereocenters. The highest BCUT2D eigenvalue weighted by Gasteiger charge is 2.59. The summed E-state index contributed by atoms with van der Waals surface area (Å²) in [6.07, 6.45) is 7.83. The molecule has 2 atom stereocenters. The number of nitrogens with zero attached hydrogens (tertiary/aromatic N) is 2. The molecular weight excluding hydrogens is 335 g/mol. The fourth-order valence-electron chi connectivity index (χ4n) is 4.15. The largest absolute Gasteiger partial charge is 0.349 e. The maximum atomic E-state index is 13.9. The Kier molecular flexibility index (Phi) is 3.94. The lowest BCUT2D eigenvalue weighted by molar-refractivity contribution is -0.123. The zero-order valence-electron chi connectivity index (χ0n) is 14.2. The van der Waals surface area contributed by atoms with Crippen LogP contribution in [-0.4, -0.2) is 33.9 Å². The maximum Gasteiger partial charge on any atom is 0.253 e. The third kappa shape index (κ3) is 2.55. The van der Waals surface area contributed by atoms with Gasteiger partial charge in [0, 0.05) is 36.0 Å². The van der Waals surface area contributed by atoms with E-state index >= 15 is 0 Å². The van der Waals surface area contributed by atoms with Crippen molar-refractivity contribution in [3.8, 4) is 0 Å². The van der Waals surface area contributed by atoms with Crippen molar-refractivity contribution in [1.82, 2.24) is 20.6 Å². The van der Waals surface area contributed by atoms with Crippen LogP contribution in [0.4, 0.5) is 4.39 Å². The number of amides is 2. The van der Waals surface area contributed by atoms with E-state index < -0.39 is 5.82 Å². The number of halogens is 1. The number of aromatic nitrogens is 2. The van der Waals surface area contributed by atoms with E-state index in [0.717, 1.165) is 19.3 Å². The highest BCUT2D eigenvalue weighted by molar-refractivity contribution is 6.04. The lowest BCUT2D eigenvalue weighted by Crippen LogP contribution is -2.71. The van der Waals surface area contributed by atoms with Crippen LogP contribution in [0.2, 0.25) is 0 Å². The maximum absolute atomic E-state index is 13.9. The van der Waals surface area contributed by atoms with Crippen LogP contribution in [0.25, 0.3) is 11.0 Å². The SMILES string of the molecule is C=CC(=O)NC1CC(NC(=O)c2cc(F)cc3nccnc23)C12CCC2. The van der Waals surface area contributed by atoms with Crippen LogP contribution in [-0.2, 0) is 4.79 Å². The molecule has 2 aromatic rings. The second kappa shape index (κ2) is 6.16. The first kappa shape index (κ1) is 16.6. The quantitative estimate of drug-likeness (QED) is 0.824. The Morgan fingerprint density at radius 2 is 1.92 bits per heavy atom. The van der Waals surface area contributed by atoms with E-state index in [-0.39, 0.29) is 34.9 Å². The fourth-order valence-corrected chi connectivity index (χ4v) is 4.15. The minimum atomic E-state index is -0.522. The monoisotopic (exact) mass is 354 g/mol. The molecule has 1 heterocycles. The van der Waals surface area contributed by atoms with Gasteiger partial charge < -0.3 is 10.6 Å². The predicted molar refractivity (Wildman–Crippen MR) is 93.8 cm³/mol. The van der Waals surface area contributed by atoms with E-state index in [9.17, 15) is 14.0 Å². The molecule has 6 nitrogen and oxygen atoms in total. The van der Waals surface area contributed by atoms with Gasteiger partial charge in [0.15, 0.2) is 0 Å². The molecule has 2 saturated carbocycles. The van der Waals surface area contributed by atoms with E-state index in [1.54, 1.807) is 0 Å². The molecule has 134 valence electrons. The summed E-state index contributed by atoms with van der Waals surface area (Å²) in [5, 5.41) is 5.97. The molecule has 2 aliphatic rings. The van der Waals surface area contributed by atoms with E-state index in [1.807, 2.05) is 0 Å². The standard InChI is InChI=1S/C19H19FN4O2/c1-2-16(25)23-14-10-15(19(14)4-3-5-19)24-18(26)12-8-11(20)9-13-17(12)22-7-6-21-13/h2,6-9,14-15H,1,3-5,10H2,(H,23,25)(H,24,26). The number of carbonyl (C=O) groups excluding carboxylic acids is 2. The van der Waals surface area contributed by atoms with Crippen LogP contribution in [0.3, 0.4) is 0 Å². The zero-order valence-corrected chi connectivity index (χ0v) is 14.2. The van der Waals surface area contributed by atoms with E-state index in [1.165, 1.54) is 30.6 Å². The summed E-state index contributed by atoms with van der Waals surface area (Å²) < 4.78 is 13.9. The van der Waals surface area contributed by atoms with Gasteiger partial charge in [0.25, 0.3) is 5.91 Å². The number of rotatable bonds is 4. The van der Waals surface area contributed by atoms with Gasteiger partial charge in [-0.25, -0.2) is 4.39 Å². The second-order valence-electron chi connectivity index (χ2n) is 6.99. The molecular formula is C19H19FN4O2. The van der Waals surface area contributed by atoms with Crippen LogP contribution in [0.5, 0.6) is 0 Å². The van der Waals surface area contributed by atoms with Gasteiger partial charge >= 0.3 is 0 Å². The Morgan fingerprint density at radius 1 is 1.19 bits per heavy atom. The summed E-state index contributed by atoms with van der Waals surface area (Å²) >= 11 is 0. The summed E-state index contributed by atoms with van der Waals surface area (Å²) in [4.78, 5) is 32.6. The summed E-state index contributed by atoms with van der Waals surface area (Å²) in [6, 6.07) is 2.44. The van der Waals surface area contributed by atoms with Gasteiger partial charge in [-0.15, -0.1) is 0 Å². The van der Waals surface area contributed by atoms with Crippen LogP contribution >= 0.6 is 0 Å². The van der Waals surface area contributed by atoms with Gasteiger partial charge in [0.2, 0.25) is 5.91 Å². The lowest BCUT2D eigenvalue weighted by atomic mass is 9.49. The minimum absolute atomic E-state index is 0.0381. The first-order chi connectivity index (χ1) is 12.5. The number of hydrogen-bond donors (Lipinski definition) is 2. The number of benzene rings is 1. The third-order valence-corrected chi connectivity index (χ3v) is 5.73. The second-order valence-corrected chi connectivity index (χ2v) is 6.99. The topological polar surface area (TPSA) is 84.0 Å². The molecule has 2 aliphatic carbocycles.